The summed E-state index contributed by atoms with van der Waals surface area (Å²) in [6.07, 6.45) is 0. The van der Waals surface area contributed by atoms with E-state index < -0.39 is 10.1 Å². The van der Waals surface area contributed by atoms with Crippen LogP contribution in [0.25, 0.3) is 0 Å². The number of aromatic hydroxyl groups is 1. The fourth-order valence-electron chi connectivity index (χ4n) is 1.22. The molecule has 4 nitrogen and oxygen atoms in total. The van der Waals surface area contributed by atoms with Crippen LogP contribution in [0, 0.1) is 0 Å². The van der Waals surface area contributed by atoms with Crippen LogP contribution in [-0.4, -0.2) is 18.1 Å². The average Bonchev–Trinajstić information content (AvgIpc) is 2.01. The molecule has 0 aliphatic rings. The van der Waals surface area contributed by atoms with E-state index >= 15 is 0 Å². The van der Waals surface area contributed by atoms with Gasteiger partial charge in [0, 0.05) is 0 Å². The van der Waals surface area contributed by atoms with Gasteiger partial charge in [-0.1, -0.05) is 13.8 Å². The Hall–Kier alpha value is -1.07. The van der Waals surface area contributed by atoms with Gasteiger partial charge in [-0.25, -0.2) is 0 Å². The van der Waals surface area contributed by atoms with Gasteiger partial charge in [-0.15, -0.1) is 0 Å². The van der Waals surface area contributed by atoms with E-state index in [1.54, 1.807) is 13.8 Å². The van der Waals surface area contributed by atoms with E-state index in [9.17, 15) is 13.5 Å². The highest BCUT2D eigenvalue weighted by molar-refractivity contribution is 7.85. The van der Waals surface area contributed by atoms with Crippen molar-refractivity contribution in [1.82, 2.24) is 0 Å². The molecule has 2 N–H and O–H groups in total. The van der Waals surface area contributed by atoms with Gasteiger partial charge in [0.15, 0.2) is 0 Å². The van der Waals surface area contributed by atoms with E-state index in [1.165, 1.54) is 18.2 Å². The maximum absolute atomic E-state index is 10.9. The normalized spacial score (nSPS) is 12.0. The van der Waals surface area contributed by atoms with E-state index in [2.05, 4.69) is 0 Å². The molecule has 78 valence electrons. The molecule has 5 heteroatoms. The topological polar surface area (TPSA) is 74.6 Å². The Morgan fingerprint density at radius 3 is 2.29 bits per heavy atom. The lowest BCUT2D eigenvalue weighted by molar-refractivity contribution is 0.470. The summed E-state index contributed by atoms with van der Waals surface area (Å²) in [6.45, 7) is 3.56. The second kappa shape index (κ2) is 3.59. The van der Waals surface area contributed by atoms with Crippen LogP contribution >= 0.6 is 0 Å². The van der Waals surface area contributed by atoms with Gasteiger partial charge < -0.3 is 5.11 Å². The Kier molecular flexibility index (Phi) is 2.82. The lowest BCUT2D eigenvalue weighted by Crippen LogP contribution is -2.04. The monoisotopic (exact) mass is 216 g/mol. The van der Waals surface area contributed by atoms with Gasteiger partial charge in [-0.2, -0.15) is 8.42 Å². The predicted molar refractivity (Wildman–Crippen MR) is 52.0 cm³/mol. The van der Waals surface area contributed by atoms with E-state index in [4.69, 9.17) is 4.55 Å². The summed E-state index contributed by atoms with van der Waals surface area (Å²) in [7, 11) is -4.21. The summed E-state index contributed by atoms with van der Waals surface area (Å²) in [5, 5.41) is 9.18. The SMILES string of the molecule is CC(C)c1cc(O)ccc1S(=O)(=O)O. The molecule has 14 heavy (non-hydrogen) atoms. The molecule has 0 bridgehead atoms. The van der Waals surface area contributed by atoms with Crippen LogP contribution in [-0.2, 0) is 10.1 Å². The molecule has 1 rings (SSSR count). The molecule has 0 radical (unpaired) electrons. The highest BCUT2D eigenvalue weighted by Crippen LogP contribution is 2.27. The first-order chi connectivity index (χ1) is 6.32. The van der Waals surface area contributed by atoms with Gasteiger partial charge in [0.2, 0.25) is 0 Å². The summed E-state index contributed by atoms with van der Waals surface area (Å²) in [6, 6.07) is 3.77. The first-order valence-electron chi connectivity index (χ1n) is 4.13. The third-order valence-corrected chi connectivity index (χ3v) is 2.82. The maximum atomic E-state index is 10.9. The fraction of sp³-hybridized carbons (Fsp3) is 0.333. The zero-order valence-corrected chi connectivity index (χ0v) is 8.75. The van der Waals surface area contributed by atoms with Crippen molar-refractivity contribution in [3.63, 3.8) is 0 Å². The van der Waals surface area contributed by atoms with Gasteiger partial charge in [0.1, 0.15) is 5.75 Å². The number of phenols is 1. The molecule has 0 fully saturated rings. The maximum Gasteiger partial charge on any atom is 0.294 e. The predicted octanol–water partition coefficient (Wildman–Crippen LogP) is 1.76. The number of hydrogen-bond acceptors (Lipinski definition) is 3. The van der Waals surface area contributed by atoms with Gasteiger partial charge >= 0.3 is 0 Å². The van der Waals surface area contributed by atoms with Gasteiger partial charge in [-0.05, 0) is 29.7 Å². The van der Waals surface area contributed by atoms with Crippen molar-refractivity contribution >= 4 is 10.1 Å². The summed E-state index contributed by atoms with van der Waals surface area (Å²) in [5.74, 6) is -0.0971. The minimum absolute atomic E-state index is 0.0129. The first kappa shape index (κ1) is 11.0. The van der Waals surface area contributed by atoms with Crippen molar-refractivity contribution in [3.05, 3.63) is 23.8 Å². The van der Waals surface area contributed by atoms with Crippen LogP contribution in [0.2, 0.25) is 0 Å². The standard InChI is InChI=1S/C9H12O4S/c1-6(2)8-5-7(10)3-4-9(8)14(11,12)13/h3-6,10H,1-2H3,(H,11,12,13). The Bertz CT molecular complexity index is 434. The minimum atomic E-state index is -4.21. The molecule has 0 heterocycles. The highest BCUT2D eigenvalue weighted by Gasteiger charge is 2.17. The summed E-state index contributed by atoms with van der Waals surface area (Å²) in [5.41, 5.74) is 0.410. The second-order valence-corrected chi connectivity index (χ2v) is 4.74. The van der Waals surface area contributed by atoms with Crippen LogP contribution in [0.5, 0.6) is 5.75 Å². The summed E-state index contributed by atoms with van der Waals surface area (Å²) in [4.78, 5) is -0.148. The van der Waals surface area contributed by atoms with Crippen LogP contribution in [0.4, 0.5) is 0 Å². The van der Waals surface area contributed by atoms with Crippen LogP contribution in [0.3, 0.4) is 0 Å². The van der Waals surface area contributed by atoms with Crippen LogP contribution < -0.4 is 0 Å². The molecule has 0 unspecified atom stereocenters. The van der Waals surface area contributed by atoms with Crippen molar-refractivity contribution in [2.45, 2.75) is 24.7 Å². The van der Waals surface area contributed by atoms with Crippen molar-refractivity contribution in [2.24, 2.45) is 0 Å². The molecule has 0 aromatic heterocycles. The average molecular weight is 216 g/mol. The molecule has 0 aliphatic carbocycles. The van der Waals surface area contributed by atoms with Crippen molar-refractivity contribution in [2.75, 3.05) is 0 Å². The van der Waals surface area contributed by atoms with E-state index in [-0.39, 0.29) is 16.6 Å². The van der Waals surface area contributed by atoms with Gasteiger partial charge in [0.25, 0.3) is 10.1 Å². The molecule has 0 amide bonds. The lowest BCUT2D eigenvalue weighted by Gasteiger charge is -2.10. The Labute approximate surface area is 82.9 Å². The van der Waals surface area contributed by atoms with E-state index in [0.29, 0.717) is 5.56 Å². The lowest BCUT2D eigenvalue weighted by atomic mass is 10.0. The molecule has 1 aromatic carbocycles. The molecule has 0 saturated heterocycles. The number of rotatable bonds is 2. The number of phenolic OH excluding ortho intramolecular Hbond substituents is 1. The zero-order valence-electron chi connectivity index (χ0n) is 7.93. The second-order valence-electron chi connectivity index (χ2n) is 3.35. The molecule has 0 aliphatic heterocycles. The van der Waals surface area contributed by atoms with Gasteiger partial charge in [0.05, 0.1) is 4.90 Å². The highest BCUT2D eigenvalue weighted by atomic mass is 32.2. The van der Waals surface area contributed by atoms with E-state index in [0.717, 1.165) is 0 Å². The minimum Gasteiger partial charge on any atom is -0.508 e. The van der Waals surface area contributed by atoms with Crippen molar-refractivity contribution in [3.8, 4) is 5.75 Å². The molecule has 1 aromatic rings. The third-order valence-electron chi connectivity index (χ3n) is 1.89. The summed E-state index contributed by atoms with van der Waals surface area (Å²) >= 11 is 0. The van der Waals surface area contributed by atoms with Gasteiger partial charge in [-0.3, -0.25) is 4.55 Å². The number of hydrogen-bond donors (Lipinski definition) is 2. The Morgan fingerprint density at radius 2 is 1.86 bits per heavy atom. The molecule has 0 spiro atoms. The first-order valence-corrected chi connectivity index (χ1v) is 5.57. The molecule has 0 atom stereocenters. The largest absolute Gasteiger partial charge is 0.508 e. The Balaban J connectivity index is 3.45. The fourth-order valence-corrected chi connectivity index (χ4v) is 2.05. The molecular weight excluding hydrogens is 204 g/mol. The number of benzene rings is 1. The summed E-state index contributed by atoms with van der Waals surface area (Å²) < 4.78 is 30.8. The quantitative estimate of drug-likeness (QED) is 0.739. The Morgan fingerprint density at radius 1 is 1.29 bits per heavy atom. The zero-order chi connectivity index (χ0) is 10.9. The van der Waals surface area contributed by atoms with Crippen LogP contribution in [0.15, 0.2) is 23.1 Å². The molecule has 0 saturated carbocycles. The third kappa shape index (κ3) is 2.24. The van der Waals surface area contributed by atoms with E-state index in [1.807, 2.05) is 0 Å². The smallest absolute Gasteiger partial charge is 0.294 e. The molecular formula is C9H12O4S. The van der Waals surface area contributed by atoms with Crippen molar-refractivity contribution < 1.29 is 18.1 Å². The van der Waals surface area contributed by atoms with Crippen molar-refractivity contribution in [1.29, 1.82) is 0 Å². The van der Waals surface area contributed by atoms with Crippen LogP contribution in [0.1, 0.15) is 25.3 Å².